The van der Waals surface area contributed by atoms with E-state index >= 15 is 0 Å². The number of benzene rings is 4. The molecule has 4 aromatic carbocycles. The molecule has 0 saturated heterocycles. The molecule has 4 aromatic rings. The van der Waals surface area contributed by atoms with E-state index in [9.17, 15) is 9.59 Å². The zero-order valence-electron chi connectivity index (χ0n) is 20.4. The highest BCUT2D eigenvalue weighted by Crippen LogP contribution is 2.37. The van der Waals surface area contributed by atoms with Crippen molar-refractivity contribution in [1.29, 1.82) is 0 Å². The first-order valence-corrected chi connectivity index (χ1v) is 12.5. The molecule has 1 unspecified atom stereocenters. The average Bonchev–Trinajstić information content (AvgIpc) is 2.88. The van der Waals surface area contributed by atoms with E-state index in [1.807, 2.05) is 80.6 Å². The predicted molar refractivity (Wildman–Crippen MR) is 147 cm³/mol. The molecule has 5 nitrogen and oxygen atoms in total. The standard InChI is InChI=1S/C30H28N2O3S/c1-20-16-21(2)18-25(17-20)32-30(34)28(22-8-5-4-6-9-22)36-27-14-12-24(13-15-27)31-29(33)23-10-7-11-26(19-23)35-3/h4-19,28H,1-3H3,(H,31,33)(H,32,34). The Bertz CT molecular complexity index is 1330. The molecule has 0 aliphatic heterocycles. The second-order valence-electron chi connectivity index (χ2n) is 8.48. The summed E-state index contributed by atoms with van der Waals surface area (Å²) in [6.45, 7) is 4.03. The van der Waals surface area contributed by atoms with Gasteiger partial charge in [-0.15, -0.1) is 11.8 Å². The Morgan fingerprint density at radius 3 is 2.11 bits per heavy atom. The van der Waals surface area contributed by atoms with Crippen LogP contribution in [0.25, 0.3) is 0 Å². The van der Waals surface area contributed by atoms with E-state index in [0.29, 0.717) is 17.0 Å². The summed E-state index contributed by atoms with van der Waals surface area (Å²) in [4.78, 5) is 26.9. The summed E-state index contributed by atoms with van der Waals surface area (Å²) >= 11 is 1.47. The third-order valence-electron chi connectivity index (χ3n) is 5.53. The number of nitrogens with one attached hydrogen (secondary N) is 2. The number of amides is 2. The second-order valence-corrected chi connectivity index (χ2v) is 9.66. The first kappa shape index (κ1) is 25.1. The average molecular weight is 497 g/mol. The molecule has 0 fully saturated rings. The van der Waals surface area contributed by atoms with Crippen molar-refractivity contribution in [3.05, 3.63) is 119 Å². The molecular formula is C30H28N2O3S. The molecule has 36 heavy (non-hydrogen) atoms. The topological polar surface area (TPSA) is 67.4 Å². The summed E-state index contributed by atoms with van der Waals surface area (Å²) in [6, 6.07) is 30.2. The molecule has 4 rings (SSSR count). The lowest BCUT2D eigenvalue weighted by Gasteiger charge is -2.18. The first-order valence-electron chi connectivity index (χ1n) is 11.6. The van der Waals surface area contributed by atoms with Gasteiger partial charge in [0, 0.05) is 21.8 Å². The Hall–Kier alpha value is -4.03. The highest BCUT2D eigenvalue weighted by molar-refractivity contribution is 8.00. The largest absolute Gasteiger partial charge is 0.497 e. The highest BCUT2D eigenvalue weighted by atomic mass is 32.2. The molecule has 2 N–H and O–H groups in total. The van der Waals surface area contributed by atoms with Crippen molar-refractivity contribution >= 4 is 35.0 Å². The number of hydrogen-bond acceptors (Lipinski definition) is 4. The lowest BCUT2D eigenvalue weighted by Crippen LogP contribution is -2.19. The van der Waals surface area contributed by atoms with Gasteiger partial charge in [0.25, 0.3) is 5.91 Å². The van der Waals surface area contributed by atoms with Gasteiger partial charge < -0.3 is 15.4 Å². The second kappa shape index (κ2) is 11.6. The monoisotopic (exact) mass is 496 g/mol. The number of hydrogen-bond donors (Lipinski definition) is 2. The van der Waals surface area contributed by atoms with E-state index in [1.54, 1.807) is 31.4 Å². The zero-order chi connectivity index (χ0) is 25.5. The van der Waals surface area contributed by atoms with Crippen molar-refractivity contribution in [3.8, 4) is 5.75 Å². The van der Waals surface area contributed by atoms with E-state index < -0.39 is 5.25 Å². The molecule has 0 radical (unpaired) electrons. The van der Waals surface area contributed by atoms with Gasteiger partial charge in [0.05, 0.1) is 7.11 Å². The summed E-state index contributed by atoms with van der Waals surface area (Å²) in [7, 11) is 1.57. The number of carbonyl (C=O) groups is 2. The fourth-order valence-electron chi connectivity index (χ4n) is 3.88. The van der Waals surface area contributed by atoms with Crippen LogP contribution in [0.2, 0.25) is 0 Å². The number of thioether (sulfide) groups is 1. The number of methoxy groups -OCH3 is 1. The van der Waals surface area contributed by atoms with E-state index in [0.717, 1.165) is 27.3 Å². The molecule has 0 aliphatic carbocycles. The lowest BCUT2D eigenvalue weighted by atomic mass is 10.1. The van der Waals surface area contributed by atoms with Gasteiger partial charge in [-0.2, -0.15) is 0 Å². The van der Waals surface area contributed by atoms with Gasteiger partial charge in [-0.1, -0.05) is 42.5 Å². The van der Waals surface area contributed by atoms with Gasteiger partial charge in [0.2, 0.25) is 5.91 Å². The Morgan fingerprint density at radius 2 is 1.44 bits per heavy atom. The SMILES string of the molecule is COc1cccc(C(=O)Nc2ccc(SC(C(=O)Nc3cc(C)cc(C)c3)c3ccccc3)cc2)c1. The van der Waals surface area contributed by atoms with Crippen LogP contribution >= 0.6 is 11.8 Å². The highest BCUT2D eigenvalue weighted by Gasteiger charge is 2.22. The first-order chi connectivity index (χ1) is 17.4. The molecule has 6 heteroatoms. The molecule has 0 bridgehead atoms. The van der Waals surface area contributed by atoms with Crippen LogP contribution in [-0.2, 0) is 4.79 Å². The Morgan fingerprint density at radius 1 is 0.750 bits per heavy atom. The summed E-state index contributed by atoms with van der Waals surface area (Å²) in [5.74, 6) is 0.316. The third-order valence-corrected chi connectivity index (χ3v) is 6.79. The molecule has 0 saturated carbocycles. The molecule has 182 valence electrons. The van der Waals surface area contributed by atoms with E-state index in [2.05, 4.69) is 16.7 Å². The summed E-state index contributed by atoms with van der Waals surface area (Å²) in [5.41, 5.74) is 5.08. The van der Waals surface area contributed by atoms with Crippen molar-refractivity contribution in [3.63, 3.8) is 0 Å². The normalized spacial score (nSPS) is 11.4. The maximum atomic E-state index is 13.4. The van der Waals surface area contributed by atoms with Gasteiger partial charge >= 0.3 is 0 Å². The number of aryl methyl sites for hydroxylation is 2. The van der Waals surface area contributed by atoms with Crippen LogP contribution in [0.5, 0.6) is 5.75 Å². The van der Waals surface area contributed by atoms with Gasteiger partial charge in [0.1, 0.15) is 11.0 Å². The van der Waals surface area contributed by atoms with Crippen molar-refractivity contribution in [2.24, 2.45) is 0 Å². The van der Waals surface area contributed by atoms with E-state index in [1.165, 1.54) is 11.8 Å². The van der Waals surface area contributed by atoms with Crippen molar-refractivity contribution in [2.45, 2.75) is 24.0 Å². The van der Waals surface area contributed by atoms with Gasteiger partial charge in [-0.3, -0.25) is 9.59 Å². The molecule has 0 aliphatic rings. The minimum Gasteiger partial charge on any atom is -0.497 e. The summed E-state index contributed by atoms with van der Waals surface area (Å²) in [6.07, 6.45) is 0. The summed E-state index contributed by atoms with van der Waals surface area (Å²) in [5, 5.41) is 5.54. The Kier molecular flexibility index (Phi) is 8.08. The molecule has 0 aromatic heterocycles. The smallest absolute Gasteiger partial charge is 0.255 e. The minimum atomic E-state index is -0.441. The Balaban J connectivity index is 1.49. The number of anilines is 2. The van der Waals surface area contributed by atoms with Crippen LogP contribution in [-0.4, -0.2) is 18.9 Å². The maximum absolute atomic E-state index is 13.4. The quantitative estimate of drug-likeness (QED) is 0.257. The van der Waals surface area contributed by atoms with Crippen LogP contribution in [0.4, 0.5) is 11.4 Å². The van der Waals surface area contributed by atoms with Gasteiger partial charge in [-0.05, 0) is 85.1 Å². The van der Waals surface area contributed by atoms with Gasteiger partial charge in [-0.25, -0.2) is 0 Å². The van der Waals surface area contributed by atoms with Crippen molar-refractivity contribution < 1.29 is 14.3 Å². The molecule has 0 spiro atoms. The van der Waals surface area contributed by atoms with Crippen molar-refractivity contribution in [1.82, 2.24) is 0 Å². The fraction of sp³-hybridized carbons (Fsp3) is 0.133. The van der Waals surface area contributed by atoms with Crippen molar-refractivity contribution in [2.75, 3.05) is 17.7 Å². The molecular weight excluding hydrogens is 468 g/mol. The van der Waals surface area contributed by atoms with Crippen LogP contribution in [0.15, 0.2) is 102 Å². The van der Waals surface area contributed by atoms with Crippen LogP contribution in [0.1, 0.15) is 32.3 Å². The molecule has 1 atom stereocenters. The predicted octanol–water partition coefficient (Wildman–Crippen LogP) is 7.04. The minimum absolute atomic E-state index is 0.0911. The Labute approximate surface area is 215 Å². The molecule has 2 amide bonds. The maximum Gasteiger partial charge on any atom is 0.255 e. The zero-order valence-corrected chi connectivity index (χ0v) is 21.3. The van der Waals surface area contributed by atoms with E-state index in [4.69, 9.17) is 4.74 Å². The molecule has 0 heterocycles. The van der Waals surface area contributed by atoms with E-state index in [-0.39, 0.29) is 11.8 Å². The number of ether oxygens (including phenoxy) is 1. The van der Waals surface area contributed by atoms with Crippen LogP contribution in [0.3, 0.4) is 0 Å². The van der Waals surface area contributed by atoms with Crippen LogP contribution in [0, 0.1) is 13.8 Å². The number of rotatable bonds is 8. The van der Waals surface area contributed by atoms with Crippen LogP contribution < -0.4 is 15.4 Å². The fourth-order valence-corrected chi connectivity index (χ4v) is 4.90. The van der Waals surface area contributed by atoms with Gasteiger partial charge in [0.15, 0.2) is 0 Å². The third kappa shape index (κ3) is 6.55. The number of carbonyl (C=O) groups excluding carboxylic acids is 2. The lowest BCUT2D eigenvalue weighted by molar-refractivity contribution is -0.115. The summed E-state index contributed by atoms with van der Waals surface area (Å²) < 4.78 is 5.20.